The van der Waals surface area contributed by atoms with Gasteiger partial charge >= 0.3 is 0 Å². The Morgan fingerprint density at radius 3 is 2.48 bits per heavy atom. The Balaban J connectivity index is 1.58. The highest BCUT2D eigenvalue weighted by Crippen LogP contribution is 2.39. The quantitative estimate of drug-likeness (QED) is 0.458. The van der Waals surface area contributed by atoms with E-state index in [9.17, 15) is 8.42 Å². The van der Waals surface area contributed by atoms with Gasteiger partial charge in [-0.25, -0.2) is 13.1 Å². The summed E-state index contributed by atoms with van der Waals surface area (Å²) in [6, 6.07) is 15.4. The van der Waals surface area contributed by atoms with Crippen LogP contribution in [0.5, 0.6) is 5.75 Å². The van der Waals surface area contributed by atoms with Crippen molar-refractivity contribution < 1.29 is 13.2 Å². The molecule has 174 valence electrons. The summed E-state index contributed by atoms with van der Waals surface area (Å²) in [6.45, 7) is 3.14. The molecular weight excluding hydrogens is 458 g/mol. The number of fused-ring (bicyclic) bond motifs is 1. The van der Waals surface area contributed by atoms with E-state index in [1.165, 1.54) is 0 Å². The van der Waals surface area contributed by atoms with Crippen molar-refractivity contribution in [2.45, 2.75) is 57.4 Å². The van der Waals surface area contributed by atoms with Crippen LogP contribution in [0.2, 0.25) is 5.02 Å². The van der Waals surface area contributed by atoms with Gasteiger partial charge in [0.2, 0.25) is 10.0 Å². The molecule has 0 N–H and O–H groups in total. The standard InChI is InChI=1S/C25H28ClN3O3S/c1-2-32-24-11-7-6-10-23(24)29-25(18-12-14-19(26)15-13-18)21-16-28(17-22(21)27-29)33(30,31)20-8-4-3-5-9-20/h6-7,10-15,20H,2-5,8-9,16-17H2,1H3. The van der Waals surface area contributed by atoms with Crippen molar-refractivity contribution in [1.29, 1.82) is 0 Å². The Morgan fingerprint density at radius 1 is 1.03 bits per heavy atom. The Hall–Kier alpha value is -2.35. The van der Waals surface area contributed by atoms with Crippen LogP contribution in [0.25, 0.3) is 16.9 Å². The summed E-state index contributed by atoms with van der Waals surface area (Å²) < 4.78 is 36.2. The van der Waals surface area contributed by atoms with Crippen molar-refractivity contribution in [2.24, 2.45) is 0 Å². The lowest BCUT2D eigenvalue weighted by molar-refractivity contribution is 0.338. The molecular formula is C25H28ClN3O3S. The molecule has 0 unspecified atom stereocenters. The highest BCUT2D eigenvalue weighted by Gasteiger charge is 2.39. The molecule has 1 aliphatic carbocycles. The molecule has 5 rings (SSSR count). The first-order valence-electron chi connectivity index (χ1n) is 11.6. The second-order valence-corrected chi connectivity index (χ2v) is 11.3. The summed E-state index contributed by atoms with van der Waals surface area (Å²) in [5.41, 5.74) is 4.40. The minimum absolute atomic E-state index is 0.278. The molecule has 0 amide bonds. The van der Waals surface area contributed by atoms with Crippen LogP contribution in [-0.2, 0) is 23.1 Å². The number of sulfonamides is 1. The van der Waals surface area contributed by atoms with Crippen LogP contribution in [0.4, 0.5) is 0 Å². The molecule has 2 aliphatic rings. The zero-order chi connectivity index (χ0) is 23.0. The fourth-order valence-electron chi connectivity index (χ4n) is 4.93. The van der Waals surface area contributed by atoms with Gasteiger partial charge in [-0.15, -0.1) is 0 Å². The lowest BCUT2D eigenvalue weighted by Gasteiger charge is -2.27. The number of hydrogen-bond acceptors (Lipinski definition) is 4. The zero-order valence-corrected chi connectivity index (χ0v) is 20.3. The number of rotatable bonds is 6. The van der Waals surface area contributed by atoms with Crippen molar-refractivity contribution in [2.75, 3.05) is 6.61 Å². The first kappa shape index (κ1) is 22.4. The smallest absolute Gasteiger partial charge is 0.217 e. The molecule has 33 heavy (non-hydrogen) atoms. The summed E-state index contributed by atoms with van der Waals surface area (Å²) in [4.78, 5) is 0. The molecule has 1 fully saturated rings. The Labute approximate surface area is 200 Å². The molecule has 1 aromatic heterocycles. The molecule has 0 atom stereocenters. The van der Waals surface area contributed by atoms with E-state index in [4.69, 9.17) is 21.4 Å². The van der Waals surface area contributed by atoms with Crippen molar-refractivity contribution in [1.82, 2.24) is 14.1 Å². The van der Waals surface area contributed by atoms with Crippen LogP contribution in [-0.4, -0.2) is 34.4 Å². The highest BCUT2D eigenvalue weighted by molar-refractivity contribution is 7.89. The number of aromatic nitrogens is 2. The molecule has 0 radical (unpaired) electrons. The highest BCUT2D eigenvalue weighted by atomic mass is 35.5. The van der Waals surface area contributed by atoms with Gasteiger partial charge in [0.05, 0.1) is 29.8 Å². The number of halogens is 1. The molecule has 1 aliphatic heterocycles. The second kappa shape index (κ2) is 9.12. The molecule has 3 aromatic rings. The number of nitrogens with zero attached hydrogens (tertiary/aromatic N) is 3. The van der Waals surface area contributed by atoms with Crippen LogP contribution in [0, 0.1) is 0 Å². The van der Waals surface area contributed by atoms with Gasteiger partial charge in [0.1, 0.15) is 11.4 Å². The molecule has 2 aromatic carbocycles. The molecule has 8 heteroatoms. The van der Waals surface area contributed by atoms with Gasteiger partial charge in [-0.3, -0.25) is 0 Å². The van der Waals surface area contributed by atoms with E-state index in [-0.39, 0.29) is 5.25 Å². The zero-order valence-electron chi connectivity index (χ0n) is 18.7. The van der Waals surface area contributed by atoms with Gasteiger partial charge < -0.3 is 4.74 Å². The van der Waals surface area contributed by atoms with Gasteiger partial charge in [0.25, 0.3) is 0 Å². The second-order valence-electron chi connectivity index (χ2n) is 8.67. The Morgan fingerprint density at radius 2 is 1.76 bits per heavy atom. The van der Waals surface area contributed by atoms with Gasteiger partial charge in [-0.05, 0) is 44.0 Å². The molecule has 0 saturated heterocycles. The third-order valence-electron chi connectivity index (χ3n) is 6.57. The topological polar surface area (TPSA) is 64.4 Å². The third-order valence-corrected chi connectivity index (χ3v) is 9.12. The fraction of sp³-hybridized carbons (Fsp3) is 0.400. The fourth-order valence-corrected chi connectivity index (χ4v) is 7.02. The van der Waals surface area contributed by atoms with Crippen LogP contribution in [0.15, 0.2) is 48.5 Å². The molecule has 1 saturated carbocycles. The van der Waals surface area contributed by atoms with Crippen LogP contribution >= 0.6 is 11.6 Å². The van der Waals surface area contributed by atoms with Gasteiger partial charge in [-0.2, -0.15) is 9.40 Å². The van der Waals surface area contributed by atoms with Crippen molar-refractivity contribution in [3.05, 3.63) is 64.8 Å². The maximum Gasteiger partial charge on any atom is 0.217 e. The largest absolute Gasteiger partial charge is 0.492 e. The number of hydrogen-bond donors (Lipinski definition) is 0. The molecule has 6 nitrogen and oxygen atoms in total. The minimum Gasteiger partial charge on any atom is -0.492 e. The Kier molecular flexibility index (Phi) is 6.20. The first-order chi connectivity index (χ1) is 16.0. The van der Waals surface area contributed by atoms with E-state index in [1.54, 1.807) is 4.31 Å². The first-order valence-corrected chi connectivity index (χ1v) is 13.4. The van der Waals surface area contributed by atoms with E-state index in [0.717, 1.165) is 66.1 Å². The SMILES string of the molecule is CCOc1ccccc1-n1nc2c(c1-c1ccc(Cl)cc1)CN(S(=O)(=O)C1CCCCC1)C2. The summed E-state index contributed by atoms with van der Waals surface area (Å²) in [5, 5.41) is 5.28. The summed E-state index contributed by atoms with van der Waals surface area (Å²) >= 11 is 6.15. The average molecular weight is 486 g/mol. The van der Waals surface area contributed by atoms with E-state index >= 15 is 0 Å². The lowest BCUT2D eigenvalue weighted by atomic mass is 10.0. The van der Waals surface area contributed by atoms with Crippen LogP contribution in [0.3, 0.4) is 0 Å². The van der Waals surface area contributed by atoms with E-state index in [1.807, 2.05) is 60.1 Å². The van der Waals surface area contributed by atoms with Crippen LogP contribution < -0.4 is 4.74 Å². The predicted molar refractivity (Wildman–Crippen MR) is 130 cm³/mol. The maximum absolute atomic E-state index is 13.4. The predicted octanol–water partition coefficient (Wildman–Crippen LogP) is 5.57. The van der Waals surface area contributed by atoms with Crippen molar-refractivity contribution in [3.8, 4) is 22.7 Å². The summed E-state index contributed by atoms with van der Waals surface area (Å²) in [5.74, 6) is 0.739. The van der Waals surface area contributed by atoms with Gasteiger partial charge in [0.15, 0.2) is 0 Å². The average Bonchev–Trinajstić information content (AvgIpc) is 3.40. The maximum atomic E-state index is 13.4. The van der Waals surface area contributed by atoms with Crippen molar-refractivity contribution >= 4 is 21.6 Å². The van der Waals surface area contributed by atoms with Gasteiger partial charge in [0, 0.05) is 22.7 Å². The molecule has 0 spiro atoms. The van der Waals surface area contributed by atoms with Crippen molar-refractivity contribution in [3.63, 3.8) is 0 Å². The van der Waals surface area contributed by atoms with Gasteiger partial charge in [-0.1, -0.05) is 55.1 Å². The van der Waals surface area contributed by atoms with E-state index in [0.29, 0.717) is 24.7 Å². The lowest BCUT2D eigenvalue weighted by Crippen LogP contribution is -2.36. The molecule has 0 bridgehead atoms. The monoisotopic (exact) mass is 485 g/mol. The number of ether oxygens (including phenoxy) is 1. The summed E-state index contributed by atoms with van der Waals surface area (Å²) in [6.07, 6.45) is 4.60. The summed E-state index contributed by atoms with van der Waals surface area (Å²) in [7, 11) is -3.36. The minimum atomic E-state index is -3.36. The number of para-hydroxylation sites is 2. The normalized spacial score (nSPS) is 17.3. The van der Waals surface area contributed by atoms with Crippen LogP contribution in [0.1, 0.15) is 50.3 Å². The number of benzene rings is 2. The molecule has 2 heterocycles. The Bertz CT molecular complexity index is 1250. The van der Waals surface area contributed by atoms with E-state index in [2.05, 4.69) is 0 Å². The van der Waals surface area contributed by atoms with E-state index < -0.39 is 10.0 Å². The third kappa shape index (κ3) is 4.18.